The minimum absolute atomic E-state index is 0.221. The number of benzene rings is 1. The lowest BCUT2D eigenvalue weighted by atomic mass is 10.2. The summed E-state index contributed by atoms with van der Waals surface area (Å²) in [7, 11) is -3.54. The van der Waals surface area contributed by atoms with Crippen molar-refractivity contribution in [1.82, 2.24) is 19.5 Å². The van der Waals surface area contributed by atoms with Gasteiger partial charge in [-0.3, -0.25) is 4.98 Å². The molecule has 1 aromatic carbocycles. The SMILES string of the molecule is CCN(CC)S(=O)(=O)c1cccc(-c2nnc(SCCc3ccncc3)o2)c1. The topological polar surface area (TPSA) is 89.2 Å². The van der Waals surface area contributed by atoms with Crippen LogP contribution in [0, 0.1) is 0 Å². The molecule has 0 fully saturated rings. The number of pyridine rings is 1. The van der Waals surface area contributed by atoms with E-state index in [-0.39, 0.29) is 4.90 Å². The lowest BCUT2D eigenvalue weighted by molar-refractivity contribution is 0.445. The standard InChI is InChI=1S/C19H22N4O3S2/c1-3-23(4-2)28(24,25)17-7-5-6-16(14-17)18-21-22-19(26-18)27-13-10-15-8-11-20-12-9-15/h5-9,11-12,14H,3-4,10,13H2,1-2H3. The normalized spacial score (nSPS) is 11.8. The summed E-state index contributed by atoms with van der Waals surface area (Å²) in [6.45, 7) is 4.47. The first-order valence-electron chi connectivity index (χ1n) is 9.00. The molecule has 0 radical (unpaired) electrons. The number of hydrogen-bond acceptors (Lipinski definition) is 7. The average molecular weight is 419 g/mol. The summed E-state index contributed by atoms with van der Waals surface area (Å²) in [5.41, 5.74) is 1.78. The molecule has 9 heteroatoms. The second-order valence-corrected chi connectivity index (χ2v) is 8.93. The summed E-state index contributed by atoms with van der Waals surface area (Å²) < 4.78 is 32.5. The highest BCUT2D eigenvalue weighted by atomic mass is 32.2. The first-order valence-corrected chi connectivity index (χ1v) is 11.4. The van der Waals surface area contributed by atoms with Gasteiger partial charge in [-0.25, -0.2) is 8.42 Å². The molecule has 2 aromatic heterocycles. The van der Waals surface area contributed by atoms with Gasteiger partial charge in [-0.1, -0.05) is 31.7 Å². The fourth-order valence-corrected chi connectivity index (χ4v) is 4.95. The van der Waals surface area contributed by atoms with E-state index in [9.17, 15) is 8.42 Å². The molecule has 0 aliphatic carbocycles. The van der Waals surface area contributed by atoms with Gasteiger partial charge in [-0.15, -0.1) is 10.2 Å². The Labute approximate surface area is 169 Å². The van der Waals surface area contributed by atoms with Crippen LogP contribution >= 0.6 is 11.8 Å². The van der Waals surface area contributed by atoms with Crippen LogP contribution in [0.2, 0.25) is 0 Å². The number of thioether (sulfide) groups is 1. The molecule has 3 rings (SSSR count). The molecule has 0 saturated heterocycles. The van der Waals surface area contributed by atoms with Gasteiger partial charge in [0.2, 0.25) is 15.9 Å². The molecule has 0 amide bonds. The third-order valence-corrected chi connectivity index (χ3v) is 7.06. The summed E-state index contributed by atoms with van der Waals surface area (Å²) in [6, 6.07) is 10.6. The van der Waals surface area contributed by atoms with Gasteiger partial charge in [0.25, 0.3) is 5.22 Å². The van der Waals surface area contributed by atoms with Crippen molar-refractivity contribution < 1.29 is 12.8 Å². The van der Waals surface area contributed by atoms with E-state index in [0.717, 1.165) is 12.2 Å². The highest BCUT2D eigenvalue weighted by Gasteiger charge is 2.22. The monoisotopic (exact) mass is 418 g/mol. The Kier molecular flexibility index (Phi) is 6.82. The van der Waals surface area contributed by atoms with Gasteiger partial charge in [0, 0.05) is 36.8 Å². The Balaban J connectivity index is 1.71. The maximum Gasteiger partial charge on any atom is 0.276 e. The average Bonchev–Trinajstić information content (AvgIpc) is 3.19. The fraction of sp³-hybridized carbons (Fsp3) is 0.316. The van der Waals surface area contributed by atoms with Crippen molar-refractivity contribution in [2.24, 2.45) is 0 Å². The highest BCUT2D eigenvalue weighted by molar-refractivity contribution is 7.99. The molecule has 0 unspecified atom stereocenters. The van der Waals surface area contributed by atoms with Gasteiger partial charge in [-0.05, 0) is 42.3 Å². The van der Waals surface area contributed by atoms with Crippen LogP contribution in [0.3, 0.4) is 0 Å². The number of hydrogen-bond donors (Lipinski definition) is 0. The van der Waals surface area contributed by atoms with Crippen LogP contribution in [0.15, 0.2) is 63.3 Å². The van der Waals surface area contributed by atoms with Crippen LogP contribution in [0.25, 0.3) is 11.5 Å². The molecule has 148 valence electrons. The van der Waals surface area contributed by atoms with Crippen molar-refractivity contribution in [3.8, 4) is 11.5 Å². The molecule has 0 bridgehead atoms. The molecule has 28 heavy (non-hydrogen) atoms. The molecular weight excluding hydrogens is 396 g/mol. The number of nitrogens with zero attached hydrogens (tertiary/aromatic N) is 4. The predicted molar refractivity (Wildman–Crippen MR) is 109 cm³/mol. The molecule has 0 aliphatic rings. The molecular formula is C19H22N4O3S2. The summed E-state index contributed by atoms with van der Waals surface area (Å²) in [5.74, 6) is 1.10. The second kappa shape index (κ2) is 9.31. The Bertz CT molecular complexity index is 1000. The largest absolute Gasteiger partial charge is 0.411 e. The Hall–Kier alpha value is -2.23. The minimum Gasteiger partial charge on any atom is -0.411 e. The van der Waals surface area contributed by atoms with Crippen molar-refractivity contribution in [2.45, 2.75) is 30.4 Å². The fourth-order valence-electron chi connectivity index (χ4n) is 2.69. The third kappa shape index (κ3) is 4.78. The highest BCUT2D eigenvalue weighted by Crippen LogP contribution is 2.26. The van der Waals surface area contributed by atoms with E-state index in [4.69, 9.17) is 4.42 Å². The number of aryl methyl sites for hydroxylation is 1. The van der Waals surface area contributed by atoms with E-state index >= 15 is 0 Å². The van der Waals surface area contributed by atoms with Gasteiger partial charge in [-0.2, -0.15) is 4.31 Å². The van der Waals surface area contributed by atoms with Gasteiger partial charge < -0.3 is 4.42 Å². The van der Waals surface area contributed by atoms with Crippen molar-refractivity contribution >= 4 is 21.8 Å². The summed E-state index contributed by atoms with van der Waals surface area (Å²) in [4.78, 5) is 4.22. The van der Waals surface area contributed by atoms with Crippen LogP contribution < -0.4 is 0 Å². The molecule has 0 N–H and O–H groups in total. The molecule has 3 aromatic rings. The number of sulfonamides is 1. The zero-order valence-corrected chi connectivity index (χ0v) is 17.4. The molecule has 0 aliphatic heterocycles. The smallest absolute Gasteiger partial charge is 0.276 e. The second-order valence-electron chi connectivity index (χ2n) is 5.94. The molecule has 0 saturated carbocycles. The van der Waals surface area contributed by atoms with E-state index in [1.54, 1.807) is 36.7 Å². The predicted octanol–water partition coefficient (Wildman–Crippen LogP) is 3.50. The maximum absolute atomic E-state index is 12.7. The van der Waals surface area contributed by atoms with Crippen LogP contribution in [0.4, 0.5) is 0 Å². The van der Waals surface area contributed by atoms with E-state index in [0.29, 0.717) is 29.8 Å². The first kappa shape index (κ1) is 20.5. The Morgan fingerprint density at radius 3 is 2.54 bits per heavy atom. The lowest BCUT2D eigenvalue weighted by Crippen LogP contribution is -2.30. The van der Waals surface area contributed by atoms with Crippen LogP contribution in [0.5, 0.6) is 0 Å². The minimum atomic E-state index is -3.54. The third-order valence-electron chi connectivity index (χ3n) is 4.20. The van der Waals surface area contributed by atoms with Crippen LogP contribution in [-0.2, 0) is 16.4 Å². The lowest BCUT2D eigenvalue weighted by Gasteiger charge is -2.18. The Morgan fingerprint density at radius 2 is 1.82 bits per heavy atom. The summed E-state index contributed by atoms with van der Waals surface area (Å²) in [6.07, 6.45) is 4.40. The number of aromatic nitrogens is 3. The maximum atomic E-state index is 12.7. The molecule has 0 atom stereocenters. The van der Waals surface area contributed by atoms with Crippen molar-refractivity contribution in [2.75, 3.05) is 18.8 Å². The van der Waals surface area contributed by atoms with Crippen LogP contribution in [-0.4, -0.2) is 46.7 Å². The van der Waals surface area contributed by atoms with Crippen molar-refractivity contribution in [1.29, 1.82) is 0 Å². The van der Waals surface area contributed by atoms with Gasteiger partial charge >= 0.3 is 0 Å². The van der Waals surface area contributed by atoms with Crippen molar-refractivity contribution in [3.63, 3.8) is 0 Å². The van der Waals surface area contributed by atoms with E-state index < -0.39 is 10.0 Å². The van der Waals surface area contributed by atoms with Gasteiger partial charge in [0.1, 0.15) is 0 Å². The summed E-state index contributed by atoms with van der Waals surface area (Å²) in [5, 5.41) is 8.58. The van der Waals surface area contributed by atoms with E-state index in [1.807, 2.05) is 26.0 Å². The molecule has 2 heterocycles. The Morgan fingerprint density at radius 1 is 1.07 bits per heavy atom. The number of rotatable bonds is 9. The quantitative estimate of drug-likeness (QED) is 0.491. The van der Waals surface area contributed by atoms with Gasteiger partial charge in [0.15, 0.2) is 0 Å². The van der Waals surface area contributed by atoms with Gasteiger partial charge in [0.05, 0.1) is 4.90 Å². The zero-order chi connectivity index (χ0) is 20.0. The molecule has 7 nitrogen and oxygen atoms in total. The van der Waals surface area contributed by atoms with Crippen molar-refractivity contribution in [3.05, 3.63) is 54.4 Å². The van der Waals surface area contributed by atoms with Crippen LogP contribution in [0.1, 0.15) is 19.4 Å². The first-order chi connectivity index (χ1) is 13.5. The summed E-state index contributed by atoms with van der Waals surface area (Å²) >= 11 is 1.47. The van der Waals surface area contributed by atoms with E-state index in [2.05, 4.69) is 15.2 Å². The molecule has 0 spiro atoms. The zero-order valence-electron chi connectivity index (χ0n) is 15.8. The van der Waals surface area contributed by atoms with E-state index in [1.165, 1.54) is 21.6 Å².